The minimum Gasteiger partial charge on any atom is -0.390 e. The van der Waals surface area contributed by atoms with Crippen molar-refractivity contribution in [1.82, 2.24) is 30.6 Å². The van der Waals surface area contributed by atoms with Crippen LogP contribution in [0.1, 0.15) is 88.5 Å². The molecule has 2 heterocycles. The van der Waals surface area contributed by atoms with E-state index >= 15 is 0 Å². The van der Waals surface area contributed by atoms with Gasteiger partial charge in [0.25, 0.3) is 5.91 Å². The topological polar surface area (TPSA) is 163 Å². The number of carbonyl (C=O) groups is 3. The first-order valence-corrected chi connectivity index (χ1v) is 19.3. The number of amides is 3. The van der Waals surface area contributed by atoms with Crippen molar-refractivity contribution in [2.24, 2.45) is 18.9 Å². The minimum atomic E-state index is -3.87. The van der Waals surface area contributed by atoms with E-state index in [0.29, 0.717) is 30.5 Å². The summed E-state index contributed by atoms with van der Waals surface area (Å²) in [7, 11) is -2.28. The van der Waals surface area contributed by atoms with Gasteiger partial charge in [0.1, 0.15) is 11.7 Å². The van der Waals surface area contributed by atoms with Gasteiger partial charge in [0.2, 0.25) is 11.8 Å². The second kappa shape index (κ2) is 15.3. The van der Waals surface area contributed by atoms with Crippen LogP contribution in [0.2, 0.25) is 0 Å². The van der Waals surface area contributed by atoms with E-state index in [9.17, 15) is 27.9 Å². The number of sulfone groups is 1. The fourth-order valence-corrected chi connectivity index (χ4v) is 7.80. The number of β-amino-alcohol motifs (C(OH)–C–C–N with tert-alkyl or cyclic N) is 1. The van der Waals surface area contributed by atoms with Gasteiger partial charge in [0.05, 0.1) is 28.6 Å². The zero-order valence-electron chi connectivity index (χ0n) is 30.3. The third-order valence-electron chi connectivity index (χ3n) is 10.2. The van der Waals surface area contributed by atoms with Gasteiger partial charge in [-0.05, 0) is 84.3 Å². The van der Waals surface area contributed by atoms with Gasteiger partial charge in [-0.15, -0.1) is 0 Å². The summed E-state index contributed by atoms with van der Waals surface area (Å²) in [4.78, 5) is 43.3. The molecular weight excluding hydrogens is 644 g/mol. The van der Waals surface area contributed by atoms with E-state index in [1.54, 1.807) is 20.0 Å². The van der Waals surface area contributed by atoms with Crippen molar-refractivity contribution in [3.63, 3.8) is 0 Å². The lowest BCUT2D eigenvalue weighted by Gasteiger charge is -2.47. The maximum absolute atomic E-state index is 14.2. The molecule has 2 unspecified atom stereocenters. The van der Waals surface area contributed by atoms with Crippen LogP contribution in [0.5, 0.6) is 0 Å². The number of benzene rings is 1. The second-order valence-corrected chi connectivity index (χ2v) is 18.3. The van der Waals surface area contributed by atoms with Gasteiger partial charge in [0, 0.05) is 31.9 Å². The predicted molar refractivity (Wildman–Crippen MR) is 190 cm³/mol. The lowest BCUT2D eigenvalue weighted by molar-refractivity contribution is -0.133. The Balaban J connectivity index is 1.64. The zero-order valence-corrected chi connectivity index (χ0v) is 31.1. The number of aliphatic hydroxyl groups excluding tert-OH is 1. The molecule has 4 N–H and O–H groups in total. The third kappa shape index (κ3) is 9.70. The third-order valence-corrected chi connectivity index (χ3v) is 12.4. The molecule has 49 heavy (non-hydrogen) atoms. The van der Waals surface area contributed by atoms with Crippen molar-refractivity contribution in [2.75, 3.05) is 19.3 Å². The van der Waals surface area contributed by atoms with Gasteiger partial charge in [-0.2, -0.15) is 5.10 Å². The number of hydrogen-bond donors (Lipinski definition) is 4. The molecule has 0 bridgehead atoms. The standard InChI is InChI=1S/C36H56N6O6S/c1-23-18-28(41(7)40-23)32(44)38-31(36(5,6)49(8,47)48)34(46)37-27(19-24-14-10-9-11-15-24)30(43)22-42-21-26-17-13-12-16-25(26)20-29(42)33(45)39-35(2,3)4/h9-11,14-15,18,25-27,29-31,43H,12-13,16-17,19-22H2,1-8H3,(H,37,46)(H,38,44)(H,39,45)/t25?,26?,27-,29-,30+,31+/m0/s1. The molecule has 13 heteroatoms. The van der Waals surface area contributed by atoms with Gasteiger partial charge in [-0.25, -0.2) is 8.42 Å². The summed E-state index contributed by atoms with van der Waals surface area (Å²) in [6, 6.07) is 8.16. The van der Waals surface area contributed by atoms with Crippen LogP contribution >= 0.6 is 0 Å². The SMILES string of the molecule is Cc1cc(C(=O)N[C@H](C(=O)N[C@@H](Cc2ccccc2)[C@H](O)CN2CC3CCCCC3C[C@H]2C(=O)NC(C)(C)C)C(C)(C)S(C)(=O)=O)n(C)n1. The highest BCUT2D eigenvalue weighted by Gasteiger charge is 2.46. The Kier molecular flexibility index (Phi) is 12.0. The number of aliphatic hydroxyl groups is 1. The van der Waals surface area contributed by atoms with Gasteiger partial charge in [0.15, 0.2) is 9.84 Å². The van der Waals surface area contributed by atoms with Crippen LogP contribution < -0.4 is 16.0 Å². The Hall–Kier alpha value is -3.29. The molecule has 1 saturated carbocycles. The highest BCUT2D eigenvalue weighted by Crippen LogP contribution is 2.39. The van der Waals surface area contributed by atoms with E-state index in [1.165, 1.54) is 18.5 Å². The average Bonchev–Trinajstić information content (AvgIpc) is 3.35. The first kappa shape index (κ1) is 38.5. The number of fused-ring (bicyclic) bond motifs is 1. The lowest BCUT2D eigenvalue weighted by atomic mass is 9.72. The monoisotopic (exact) mass is 700 g/mol. The maximum atomic E-state index is 14.2. The molecule has 272 valence electrons. The Labute approximate surface area is 291 Å². The molecule has 0 radical (unpaired) electrons. The largest absolute Gasteiger partial charge is 0.390 e. The van der Waals surface area contributed by atoms with Gasteiger partial charge in [-0.1, -0.05) is 49.6 Å². The van der Waals surface area contributed by atoms with Crippen molar-refractivity contribution >= 4 is 27.6 Å². The summed E-state index contributed by atoms with van der Waals surface area (Å²) in [5, 5.41) is 24.9. The van der Waals surface area contributed by atoms with Gasteiger partial charge in [-0.3, -0.25) is 24.0 Å². The summed E-state index contributed by atoms with van der Waals surface area (Å²) in [6.45, 7) is 11.2. The molecule has 4 rings (SSSR count). The number of carbonyl (C=O) groups excluding carboxylic acids is 3. The number of hydrogen-bond acceptors (Lipinski definition) is 8. The number of nitrogens with one attached hydrogen (secondary N) is 3. The number of aryl methyl sites for hydroxylation is 2. The van der Waals surface area contributed by atoms with Gasteiger partial charge >= 0.3 is 0 Å². The molecule has 1 aromatic carbocycles. The highest BCUT2D eigenvalue weighted by atomic mass is 32.2. The van der Waals surface area contributed by atoms with Gasteiger partial charge < -0.3 is 21.1 Å². The van der Waals surface area contributed by atoms with E-state index < -0.39 is 56.2 Å². The molecular formula is C36H56N6O6S. The van der Waals surface area contributed by atoms with Crippen LogP contribution in [0, 0.1) is 18.8 Å². The first-order valence-electron chi connectivity index (χ1n) is 17.4. The molecule has 1 aliphatic heterocycles. The van der Waals surface area contributed by atoms with Crippen molar-refractivity contribution in [3.05, 3.63) is 53.3 Å². The van der Waals surface area contributed by atoms with E-state index in [1.807, 2.05) is 51.1 Å². The van der Waals surface area contributed by atoms with E-state index in [2.05, 4.69) is 25.9 Å². The minimum absolute atomic E-state index is 0.0737. The van der Waals surface area contributed by atoms with Crippen LogP contribution in [-0.2, 0) is 32.9 Å². The van der Waals surface area contributed by atoms with Crippen LogP contribution in [0.25, 0.3) is 0 Å². The quantitative estimate of drug-likeness (QED) is 0.263. The average molecular weight is 701 g/mol. The zero-order chi connectivity index (χ0) is 36.3. The summed E-state index contributed by atoms with van der Waals surface area (Å²) in [5.74, 6) is -0.592. The second-order valence-electron chi connectivity index (χ2n) is 15.7. The van der Waals surface area contributed by atoms with E-state index in [-0.39, 0.29) is 24.6 Å². The summed E-state index contributed by atoms with van der Waals surface area (Å²) in [5.41, 5.74) is 1.20. The Bertz CT molecular complexity index is 1580. The molecule has 2 fully saturated rings. The van der Waals surface area contributed by atoms with Crippen molar-refractivity contribution in [2.45, 2.75) is 115 Å². The molecule has 6 atom stereocenters. The number of rotatable bonds is 12. The molecule has 1 saturated heterocycles. The van der Waals surface area contributed by atoms with Crippen LogP contribution in [0.15, 0.2) is 36.4 Å². The maximum Gasteiger partial charge on any atom is 0.270 e. The smallest absolute Gasteiger partial charge is 0.270 e. The van der Waals surface area contributed by atoms with Crippen LogP contribution in [0.3, 0.4) is 0 Å². The summed E-state index contributed by atoms with van der Waals surface area (Å²) >= 11 is 0. The Morgan fingerprint density at radius 3 is 2.22 bits per heavy atom. The van der Waals surface area contributed by atoms with Crippen molar-refractivity contribution in [1.29, 1.82) is 0 Å². The number of piperidine rings is 1. The lowest BCUT2D eigenvalue weighted by Crippen LogP contribution is -2.64. The molecule has 2 aliphatic rings. The first-order chi connectivity index (χ1) is 22.8. The number of likely N-dealkylation sites (tertiary alicyclic amines) is 1. The molecule has 12 nitrogen and oxygen atoms in total. The van der Waals surface area contributed by atoms with Crippen LogP contribution in [0.4, 0.5) is 0 Å². The molecule has 1 aliphatic carbocycles. The van der Waals surface area contributed by atoms with Crippen molar-refractivity contribution < 1.29 is 27.9 Å². The number of nitrogens with zero attached hydrogens (tertiary/aromatic N) is 3. The number of aromatic nitrogens is 2. The van der Waals surface area contributed by atoms with E-state index in [4.69, 9.17) is 0 Å². The molecule has 0 spiro atoms. The van der Waals surface area contributed by atoms with Crippen molar-refractivity contribution in [3.8, 4) is 0 Å². The highest BCUT2D eigenvalue weighted by molar-refractivity contribution is 7.92. The summed E-state index contributed by atoms with van der Waals surface area (Å²) in [6.07, 6.45) is 5.33. The Morgan fingerprint density at radius 1 is 1.02 bits per heavy atom. The fraction of sp³-hybridized carbons (Fsp3) is 0.667. The molecule has 2 aromatic rings. The van der Waals surface area contributed by atoms with E-state index in [0.717, 1.165) is 37.5 Å². The molecule has 3 amide bonds. The normalized spacial score (nSPS) is 22.3. The van der Waals surface area contributed by atoms with Crippen LogP contribution in [-0.4, -0.2) is 99.8 Å². The Morgan fingerprint density at radius 2 is 1.65 bits per heavy atom. The summed E-state index contributed by atoms with van der Waals surface area (Å²) < 4.78 is 25.7. The fourth-order valence-electron chi connectivity index (χ4n) is 7.21. The predicted octanol–water partition coefficient (Wildman–Crippen LogP) is 2.53. The molecule has 1 aromatic heterocycles.